The Morgan fingerprint density at radius 3 is 2.69 bits per heavy atom. The van der Waals surface area contributed by atoms with E-state index in [4.69, 9.17) is 11.6 Å². The fraction of sp³-hybridized carbons (Fsp3) is 0.0833. The molecule has 9 nitrogen and oxygen atoms in total. The van der Waals surface area contributed by atoms with Crippen LogP contribution < -0.4 is 11.0 Å². The average molecular weight is 508 g/mol. The first-order valence-electron chi connectivity index (χ1n) is 10.3. The molecular formula is C24H18ClN5O4S. The third kappa shape index (κ3) is 5.56. The summed E-state index contributed by atoms with van der Waals surface area (Å²) in [5, 5.41) is 15.7. The minimum atomic E-state index is -0.598. The summed E-state index contributed by atoms with van der Waals surface area (Å²) in [5.41, 5.74) is 4.51. The molecule has 4 rings (SSSR count). The molecular weight excluding hydrogens is 490 g/mol. The molecule has 0 fully saturated rings. The molecule has 1 heterocycles. The number of hydrazone groups is 1. The number of thioether (sulfide) groups is 1. The van der Waals surface area contributed by atoms with Crippen LogP contribution in [-0.4, -0.2) is 32.3 Å². The maximum absolute atomic E-state index is 13.2. The number of halogens is 1. The van der Waals surface area contributed by atoms with Gasteiger partial charge in [0, 0.05) is 11.6 Å². The Balaban J connectivity index is 1.53. The number of carbonyl (C=O) groups excluding carboxylic acids is 1. The zero-order valence-corrected chi connectivity index (χ0v) is 19.9. The number of nitro groups is 1. The molecule has 0 bridgehead atoms. The molecule has 0 spiro atoms. The number of aryl methyl sites for hydroxylation is 1. The van der Waals surface area contributed by atoms with Crippen molar-refractivity contribution in [2.75, 3.05) is 5.75 Å². The molecule has 0 saturated carbocycles. The van der Waals surface area contributed by atoms with Crippen molar-refractivity contribution in [1.82, 2.24) is 15.0 Å². The van der Waals surface area contributed by atoms with E-state index in [9.17, 15) is 19.7 Å². The summed E-state index contributed by atoms with van der Waals surface area (Å²) < 4.78 is 1.48. The van der Waals surface area contributed by atoms with Crippen LogP contribution in [0.4, 0.5) is 5.69 Å². The van der Waals surface area contributed by atoms with E-state index in [2.05, 4.69) is 15.5 Å². The third-order valence-corrected chi connectivity index (χ3v) is 6.20. The summed E-state index contributed by atoms with van der Waals surface area (Å²) in [6.45, 7) is 1.95. The lowest BCUT2D eigenvalue weighted by molar-refractivity contribution is -0.384. The molecule has 0 unspecified atom stereocenters. The zero-order chi connectivity index (χ0) is 24.9. The van der Waals surface area contributed by atoms with Gasteiger partial charge in [-0.25, -0.2) is 10.4 Å². The molecule has 11 heteroatoms. The Bertz CT molecular complexity index is 1520. The van der Waals surface area contributed by atoms with Crippen LogP contribution >= 0.6 is 23.4 Å². The van der Waals surface area contributed by atoms with Gasteiger partial charge in [-0.2, -0.15) is 5.10 Å². The van der Waals surface area contributed by atoms with Gasteiger partial charge in [-0.1, -0.05) is 59.3 Å². The number of rotatable bonds is 7. The van der Waals surface area contributed by atoms with Crippen molar-refractivity contribution >= 4 is 52.1 Å². The van der Waals surface area contributed by atoms with Gasteiger partial charge in [0.15, 0.2) is 5.16 Å². The molecule has 4 aromatic rings. The first-order valence-corrected chi connectivity index (χ1v) is 11.7. The highest BCUT2D eigenvalue weighted by Gasteiger charge is 2.15. The van der Waals surface area contributed by atoms with Gasteiger partial charge in [-0.3, -0.25) is 24.3 Å². The Hall–Kier alpha value is -4.02. The number of nitrogens with one attached hydrogen (secondary N) is 1. The van der Waals surface area contributed by atoms with E-state index in [1.807, 2.05) is 31.2 Å². The van der Waals surface area contributed by atoms with E-state index in [0.717, 1.165) is 17.3 Å². The van der Waals surface area contributed by atoms with Crippen molar-refractivity contribution in [3.63, 3.8) is 0 Å². The summed E-state index contributed by atoms with van der Waals surface area (Å²) in [7, 11) is 0. The van der Waals surface area contributed by atoms with Crippen LogP contribution in [-0.2, 0) is 4.79 Å². The van der Waals surface area contributed by atoms with E-state index < -0.39 is 10.8 Å². The number of amides is 1. The Labute approximate surface area is 208 Å². The summed E-state index contributed by atoms with van der Waals surface area (Å²) in [6.07, 6.45) is 1.28. The number of fused-ring (bicyclic) bond motifs is 1. The number of para-hydroxylation sites is 1. The highest BCUT2D eigenvalue weighted by Crippen LogP contribution is 2.24. The van der Waals surface area contributed by atoms with Gasteiger partial charge >= 0.3 is 0 Å². The minimum Gasteiger partial charge on any atom is -0.272 e. The summed E-state index contributed by atoms with van der Waals surface area (Å²) in [5.74, 6) is -0.498. The van der Waals surface area contributed by atoms with E-state index in [0.29, 0.717) is 27.3 Å². The first-order chi connectivity index (χ1) is 16.8. The topological polar surface area (TPSA) is 119 Å². The molecule has 0 aliphatic heterocycles. The number of benzene rings is 3. The van der Waals surface area contributed by atoms with Gasteiger partial charge in [0.1, 0.15) is 5.02 Å². The molecule has 1 aromatic heterocycles. The Morgan fingerprint density at radius 2 is 1.94 bits per heavy atom. The predicted octanol–water partition coefficient (Wildman–Crippen LogP) is 4.50. The maximum atomic E-state index is 13.2. The molecule has 0 aliphatic rings. The number of hydrogen-bond acceptors (Lipinski definition) is 7. The minimum absolute atomic E-state index is 0.00935. The second kappa shape index (κ2) is 10.5. The Morgan fingerprint density at radius 1 is 1.20 bits per heavy atom. The van der Waals surface area contributed by atoms with Gasteiger partial charge in [0.05, 0.1) is 33.5 Å². The van der Waals surface area contributed by atoms with Gasteiger partial charge < -0.3 is 0 Å². The van der Waals surface area contributed by atoms with Crippen molar-refractivity contribution in [2.24, 2.45) is 5.10 Å². The standard InChI is InChI=1S/C24H18ClN5O4S/c1-15-6-9-17(10-7-15)29-23(32)18-4-2-3-5-20(18)27-24(29)35-14-22(31)28-26-13-16-8-11-19(25)21(12-16)30(33)34/h2-13H,14H2,1H3,(H,28,31). The SMILES string of the molecule is Cc1ccc(-n2c(SCC(=O)NN=Cc3ccc(Cl)c([N+](=O)[O-])c3)nc3ccccc3c2=O)cc1. The van der Waals surface area contributed by atoms with Gasteiger partial charge in [0.2, 0.25) is 0 Å². The van der Waals surface area contributed by atoms with Gasteiger partial charge in [-0.05, 0) is 37.3 Å². The predicted molar refractivity (Wildman–Crippen MR) is 137 cm³/mol. The van der Waals surface area contributed by atoms with Crippen LogP contribution in [0.15, 0.2) is 81.8 Å². The lowest BCUT2D eigenvalue weighted by Gasteiger charge is -2.13. The smallest absolute Gasteiger partial charge is 0.272 e. The molecule has 1 N–H and O–H groups in total. The largest absolute Gasteiger partial charge is 0.288 e. The van der Waals surface area contributed by atoms with Crippen LogP contribution in [0.2, 0.25) is 5.02 Å². The van der Waals surface area contributed by atoms with Gasteiger partial charge in [-0.15, -0.1) is 0 Å². The van der Waals surface area contributed by atoms with E-state index in [1.54, 1.807) is 30.3 Å². The van der Waals surface area contributed by atoms with Crippen LogP contribution in [0.1, 0.15) is 11.1 Å². The summed E-state index contributed by atoms with van der Waals surface area (Å²) in [4.78, 5) is 40.6. The fourth-order valence-electron chi connectivity index (χ4n) is 3.22. The lowest BCUT2D eigenvalue weighted by atomic mass is 10.2. The maximum Gasteiger partial charge on any atom is 0.288 e. The number of carbonyl (C=O) groups is 1. The molecule has 3 aromatic carbocycles. The molecule has 0 aliphatic carbocycles. The first kappa shape index (κ1) is 24.1. The lowest BCUT2D eigenvalue weighted by Crippen LogP contribution is -2.24. The van der Waals surface area contributed by atoms with Crippen LogP contribution in [0, 0.1) is 17.0 Å². The molecule has 35 heavy (non-hydrogen) atoms. The Kier molecular flexibility index (Phi) is 7.23. The van der Waals surface area contributed by atoms with Crippen LogP contribution in [0.3, 0.4) is 0 Å². The molecule has 0 atom stereocenters. The second-order valence-corrected chi connectivity index (χ2v) is 8.79. The number of hydrogen-bond donors (Lipinski definition) is 1. The quantitative estimate of drug-likeness (QED) is 0.129. The third-order valence-electron chi connectivity index (χ3n) is 4.94. The van der Waals surface area contributed by atoms with Crippen LogP contribution in [0.5, 0.6) is 0 Å². The number of aromatic nitrogens is 2. The summed E-state index contributed by atoms with van der Waals surface area (Å²) >= 11 is 6.90. The highest BCUT2D eigenvalue weighted by molar-refractivity contribution is 7.99. The van der Waals surface area contributed by atoms with Crippen molar-refractivity contribution in [3.05, 3.63) is 103 Å². The molecule has 0 saturated heterocycles. The molecule has 0 radical (unpaired) electrons. The monoisotopic (exact) mass is 507 g/mol. The molecule has 1 amide bonds. The highest BCUT2D eigenvalue weighted by atomic mass is 35.5. The zero-order valence-electron chi connectivity index (χ0n) is 18.3. The average Bonchev–Trinajstić information content (AvgIpc) is 2.84. The van der Waals surface area contributed by atoms with E-state index >= 15 is 0 Å². The number of nitro benzene ring substituents is 1. The summed E-state index contributed by atoms with van der Waals surface area (Å²) in [6, 6.07) is 18.7. The van der Waals surface area contributed by atoms with Gasteiger partial charge in [0.25, 0.3) is 17.2 Å². The van der Waals surface area contributed by atoms with Crippen molar-refractivity contribution in [1.29, 1.82) is 0 Å². The molecule has 176 valence electrons. The van der Waals surface area contributed by atoms with Crippen LogP contribution in [0.25, 0.3) is 16.6 Å². The second-order valence-electron chi connectivity index (χ2n) is 7.44. The normalized spacial score (nSPS) is 11.1. The van der Waals surface area contributed by atoms with Crippen molar-refractivity contribution < 1.29 is 9.72 Å². The van der Waals surface area contributed by atoms with Crippen molar-refractivity contribution in [2.45, 2.75) is 12.1 Å². The fourth-order valence-corrected chi connectivity index (χ4v) is 4.21. The number of nitrogens with zero attached hydrogens (tertiary/aromatic N) is 4. The van der Waals surface area contributed by atoms with Crippen molar-refractivity contribution in [3.8, 4) is 5.69 Å². The van der Waals surface area contributed by atoms with E-state index in [1.165, 1.54) is 22.9 Å². The van der Waals surface area contributed by atoms with E-state index in [-0.39, 0.29) is 22.0 Å².